The van der Waals surface area contributed by atoms with Crippen LogP contribution in [0.1, 0.15) is 44.4 Å². The largest absolute Gasteiger partial charge is 0.481 e. The summed E-state index contributed by atoms with van der Waals surface area (Å²) in [4.78, 5) is 28.7. The van der Waals surface area contributed by atoms with Crippen LogP contribution in [0.3, 0.4) is 0 Å². The molecule has 0 aliphatic carbocycles. The summed E-state index contributed by atoms with van der Waals surface area (Å²) in [5.74, 6) is -1.67. The third-order valence-corrected chi connectivity index (χ3v) is 5.81. The van der Waals surface area contributed by atoms with Crippen molar-refractivity contribution < 1.29 is 29.3 Å². The van der Waals surface area contributed by atoms with Crippen molar-refractivity contribution in [2.75, 3.05) is 5.01 Å². The number of aliphatic hydroxyl groups excluding tert-OH is 2. The van der Waals surface area contributed by atoms with Gasteiger partial charge in [-0.25, -0.2) is 19.1 Å². The van der Waals surface area contributed by atoms with Gasteiger partial charge < -0.3 is 15.3 Å². The maximum atomic E-state index is 13.5. The van der Waals surface area contributed by atoms with E-state index in [0.29, 0.717) is 17.0 Å². The minimum absolute atomic E-state index is 0.0901. The Hall–Kier alpha value is -3.56. The Balaban J connectivity index is 1.91. The molecule has 0 fully saturated rings. The first-order valence-corrected chi connectivity index (χ1v) is 11.9. The number of halogens is 1. The molecule has 3 rings (SSSR count). The summed E-state index contributed by atoms with van der Waals surface area (Å²) in [6.45, 7) is 3.78. The number of carbonyl (C=O) groups excluding carboxylic acids is 1. The number of carbonyl (C=O) groups is 2. The van der Waals surface area contributed by atoms with Crippen molar-refractivity contribution in [1.82, 2.24) is 9.66 Å². The summed E-state index contributed by atoms with van der Waals surface area (Å²) in [5.41, 5.74) is 2.72. The van der Waals surface area contributed by atoms with Crippen molar-refractivity contribution in [2.45, 2.75) is 64.2 Å². The Bertz CT molecular complexity index is 1150. The highest BCUT2D eigenvalue weighted by Gasteiger charge is 2.25. The highest BCUT2D eigenvalue weighted by molar-refractivity contribution is 5.88. The third-order valence-electron chi connectivity index (χ3n) is 5.81. The molecule has 9 heteroatoms. The zero-order valence-corrected chi connectivity index (χ0v) is 20.4. The lowest BCUT2D eigenvalue weighted by Gasteiger charge is -2.30. The average Bonchev–Trinajstić information content (AvgIpc) is 3.21. The van der Waals surface area contributed by atoms with Crippen LogP contribution in [0.2, 0.25) is 0 Å². The summed E-state index contributed by atoms with van der Waals surface area (Å²) in [7, 11) is 0. The van der Waals surface area contributed by atoms with Crippen molar-refractivity contribution in [3.63, 3.8) is 0 Å². The van der Waals surface area contributed by atoms with Crippen LogP contribution in [-0.2, 0) is 22.4 Å². The molecule has 1 heterocycles. The van der Waals surface area contributed by atoms with Gasteiger partial charge in [-0.2, -0.15) is 0 Å². The molecule has 2 atom stereocenters. The van der Waals surface area contributed by atoms with E-state index in [2.05, 4.69) is 4.98 Å². The number of hydrogen-bond acceptors (Lipinski definition) is 5. The number of aliphatic hydroxyl groups is 2. The van der Waals surface area contributed by atoms with E-state index in [1.54, 1.807) is 28.1 Å². The fourth-order valence-electron chi connectivity index (χ4n) is 4.16. The predicted octanol–water partition coefficient (Wildman–Crippen LogP) is 3.32. The second kappa shape index (κ2) is 12.4. The minimum Gasteiger partial charge on any atom is -0.481 e. The van der Waals surface area contributed by atoms with Crippen molar-refractivity contribution in [2.24, 2.45) is 0 Å². The first kappa shape index (κ1) is 27.0. The zero-order chi connectivity index (χ0) is 26.2. The molecule has 0 spiro atoms. The maximum absolute atomic E-state index is 13.5. The summed E-state index contributed by atoms with van der Waals surface area (Å²) >= 11 is 0. The number of amides is 1. The molecular weight excluding hydrogens is 465 g/mol. The highest BCUT2D eigenvalue weighted by Crippen LogP contribution is 2.26. The molecule has 8 nitrogen and oxygen atoms in total. The van der Waals surface area contributed by atoms with Gasteiger partial charge >= 0.3 is 5.97 Å². The molecule has 192 valence electrons. The van der Waals surface area contributed by atoms with Crippen LogP contribution in [0.5, 0.6) is 0 Å². The van der Waals surface area contributed by atoms with E-state index in [1.165, 1.54) is 12.1 Å². The third kappa shape index (κ3) is 7.22. The Kier molecular flexibility index (Phi) is 9.32. The lowest BCUT2D eigenvalue weighted by molar-refractivity contribution is -0.139. The van der Waals surface area contributed by atoms with Crippen molar-refractivity contribution in [3.05, 3.63) is 78.0 Å². The molecule has 36 heavy (non-hydrogen) atoms. The van der Waals surface area contributed by atoms with E-state index in [4.69, 9.17) is 5.11 Å². The number of rotatable bonds is 12. The second-order valence-corrected chi connectivity index (χ2v) is 9.07. The van der Waals surface area contributed by atoms with Crippen LogP contribution in [0.15, 0.2) is 60.9 Å². The molecule has 3 aromatic rings. The maximum Gasteiger partial charge on any atom is 0.305 e. The topological polar surface area (TPSA) is 116 Å². The fourth-order valence-corrected chi connectivity index (χ4v) is 4.16. The Morgan fingerprint density at radius 2 is 1.69 bits per heavy atom. The van der Waals surface area contributed by atoms with Crippen molar-refractivity contribution in [3.8, 4) is 11.3 Å². The number of imidazole rings is 1. The van der Waals surface area contributed by atoms with E-state index in [0.717, 1.165) is 5.56 Å². The van der Waals surface area contributed by atoms with Crippen LogP contribution in [-0.4, -0.2) is 55.1 Å². The molecule has 3 N–H and O–H groups in total. The SMILES string of the molecule is CC(C)N(C(=O)Cc1ccccc1)n1cnc(-c2ccc(F)cc2)c1CCC(O)CC(O)CC(=O)O. The van der Waals surface area contributed by atoms with E-state index >= 15 is 0 Å². The summed E-state index contributed by atoms with van der Waals surface area (Å²) in [6, 6.07) is 15.0. The van der Waals surface area contributed by atoms with Gasteiger partial charge in [0.05, 0.1) is 36.4 Å². The number of nitrogens with zero attached hydrogens (tertiary/aromatic N) is 3. The molecule has 0 aliphatic rings. The van der Waals surface area contributed by atoms with E-state index in [9.17, 15) is 24.2 Å². The van der Waals surface area contributed by atoms with Gasteiger partial charge in [0.25, 0.3) is 0 Å². The number of aromatic nitrogens is 2. The van der Waals surface area contributed by atoms with E-state index < -0.39 is 24.6 Å². The summed E-state index contributed by atoms with van der Waals surface area (Å²) in [6.07, 6.45) is -0.451. The zero-order valence-electron chi connectivity index (χ0n) is 20.4. The standard InChI is InChI=1S/C27H32FN3O5/c1-18(2)31(25(34)14-19-6-4-3-5-7-19)30-17-29-27(20-8-10-21(28)11-9-20)24(30)13-12-22(32)15-23(33)16-26(35)36/h3-11,17-18,22-23,32-33H,12-16H2,1-2H3,(H,35,36). The van der Waals surface area contributed by atoms with Crippen LogP contribution in [0, 0.1) is 5.82 Å². The molecular formula is C27H32FN3O5. The second-order valence-electron chi connectivity index (χ2n) is 9.07. The Labute approximate surface area is 209 Å². The van der Waals surface area contributed by atoms with Gasteiger partial charge in [0.1, 0.15) is 12.1 Å². The number of carboxylic acids is 1. The summed E-state index contributed by atoms with van der Waals surface area (Å²) < 4.78 is 15.2. The number of benzene rings is 2. The van der Waals surface area contributed by atoms with Gasteiger partial charge in [0, 0.05) is 11.6 Å². The smallest absolute Gasteiger partial charge is 0.305 e. The van der Waals surface area contributed by atoms with Crippen molar-refractivity contribution >= 4 is 11.9 Å². The molecule has 1 aromatic heterocycles. The quantitative estimate of drug-likeness (QED) is 0.354. The van der Waals surface area contributed by atoms with E-state index in [-0.39, 0.29) is 43.4 Å². The van der Waals surface area contributed by atoms with Crippen LogP contribution in [0.25, 0.3) is 11.3 Å². The van der Waals surface area contributed by atoms with Crippen molar-refractivity contribution in [1.29, 1.82) is 0 Å². The molecule has 1 amide bonds. The highest BCUT2D eigenvalue weighted by atomic mass is 19.1. The first-order valence-electron chi connectivity index (χ1n) is 11.9. The number of hydrogen-bond donors (Lipinski definition) is 3. The molecule has 0 aliphatic heterocycles. The molecule has 2 aromatic carbocycles. The normalized spacial score (nSPS) is 12.9. The van der Waals surface area contributed by atoms with Gasteiger partial charge in [-0.15, -0.1) is 0 Å². The molecule has 0 saturated heterocycles. The Morgan fingerprint density at radius 3 is 2.31 bits per heavy atom. The van der Waals surface area contributed by atoms with E-state index in [1.807, 2.05) is 44.2 Å². The molecule has 2 unspecified atom stereocenters. The summed E-state index contributed by atoms with van der Waals surface area (Å²) in [5, 5.41) is 30.8. The fraction of sp³-hybridized carbons (Fsp3) is 0.370. The van der Waals surface area contributed by atoms with Gasteiger partial charge in [0.15, 0.2) is 0 Å². The molecule has 0 radical (unpaired) electrons. The molecule has 0 bridgehead atoms. The lowest BCUT2D eigenvalue weighted by Crippen LogP contribution is -2.47. The lowest BCUT2D eigenvalue weighted by atomic mass is 10.0. The van der Waals surface area contributed by atoms with Gasteiger partial charge in [-0.05, 0) is 62.9 Å². The van der Waals surface area contributed by atoms with Gasteiger partial charge in [-0.1, -0.05) is 30.3 Å². The number of aliphatic carboxylic acids is 1. The van der Waals surface area contributed by atoms with Crippen LogP contribution in [0.4, 0.5) is 4.39 Å². The average molecular weight is 498 g/mol. The monoisotopic (exact) mass is 497 g/mol. The predicted molar refractivity (Wildman–Crippen MR) is 133 cm³/mol. The van der Waals surface area contributed by atoms with Gasteiger partial charge in [-0.3, -0.25) is 9.59 Å². The number of carboxylic acid groups (broad SMARTS) is 1. The minimum atomic E-state index is -1.17. The first-order chi connectivity index (χ1) is 17.2. The molecule has 0 saturated carbocycles. The van der Waals surface area contributed by atoms with Gasteiger partial charge in [0.2, 0.25) is 5.91 Å². The van der Waals surface area contributed by atoms with Crippen LogP contribution < -0.4 is 5.01 Å². The Morgan fingerprint density at radius 1 is 1.03 bits per heavy atom. The van der Waals surface area contributed by atoms with Crippen LogP contribution >= 0.6 is 0 Å².